The Hall–Kier alpha value is -3.87. The SMILES string of the molecule is COc1ccc(OCc2cc(C(=O)Nc3cc(OC)ccc3OC)ccc2OC)cc1. The molecule has 3 aromatic rings. The molecule has 7 nitrogen and oxygen atoms in total. The molecule has 0 unspecified atom stereocenters. The minimum absolute atomic E-state index is 0.235. The Morgan fingerprint density at radius 1 is 0.710 bits per heavy atom. The van der Waals surface area contributed by atoms with E-state index in [1.165, 1.54) is 0 Å². The lowest BCUT2D eigenvalue weighted by Crippen LogP contribution is -2.13. The Labute approximate surface area is 181 Å². The molecule has 7 heteroatoms. The zero-order valence-corrected chi connectivity index (χ0v) is 17.9. The van der Waals surface area contributed by atoms with Gasteiger partial charge in [-0.1, -0.05) is 0 Å². The van der Waals surface area contributed by atoms with Gasteiger partial charge in [0.2, 0.25) is 0 Å². The quantitative estimate of drug-likeness (QED) is 0.544. The van der Waals surface area contributed by atoms with Crippen molar-refractivity contribution < 1.29 is 28.5 Å². The average molecular weight is 423 g/mol. The van der Waals surface area contributed by atoms with Crippen LogP contribution < -0.4 is 29.0 Å². The van der Waals surface area contributed by atoms with Gasteiger partial charge >= 0.3 is 0 Å². The summed E-state index contributed by atoms with van der Waals surface area (Å²) in [5.74, 6) is 2.91. The minimum atomic E-state index is -0.292. The van der Waals surface area contributed by atoms with E-state index in [0.29, 0.717) is 34.2 Å². The predicted octanol–water partition coefficient (Wildman–Crippen LogP) is 4.55. The van der Waals surface area contributed by atoms with Crippen molar-refractivity contribution >= 4 is 11.6 Å². The van der Waals surface area contributed by atoms with Crippen molar-refractivity contribution in [2.45, 2.75) is 6.61 Å². The number of rotatable bonds is 9. The van der Waals surface area contributed by atoms with Crippen LogP contribution in [0.15, 0.2) is 60.7 Å². The molecule has 1 amide bonds. The molecule has 0 aromatic heterocycles. The Bertz CT molecular complexity index is 1030. The zero-order valence-electron chi connectivity index (χ0n) is 17.9. The molecular weight excluding hydrogens is 398 g/mol. The van der Waals surface area contributed by atoms with E-state index in [-0.39, 0.29) is 12.5 Å². The van der Waals surface area contributed by atoms with Crippen molar-refractivity contribution in [1.29, 1.82) is 0 Å². The lowest BCUT2D eigenvalue weighted by molar-refractivity contribution is 0.102. The fourth-order valence-electron chi connectivity index (χ4n) is 2.97. The largest absolute Gasteiger partial charge is 0.497 e. The molecule has 0 bridgehead atoms. The molecule has 31 heavy (non-hydrogen) atoms. The maximum Gasteiger partial charge on any atom is 0.255 e. The first-order valence-electron chi connectivity index (χ1n) is 9.55. The van der Waals surface area contributed by atoms with Crippen LogP contribution in [0.5, 0.6) is 28.7 Å². The normalized spacial score (nSPS) is 10.2. The summed E-state index contributed by atoms with van der Waals surface area (Å²) in [7, 11) is 6.29. The molecule has 0 heterocycles. The Balaban J connectivity index is 1.78. The second-order valence-corrected chi connectivity index (χ2v) is 6.51. The van der Waals surface area contributed by atoms with Crippen molar-refractivity contribution in [3.05, 3.63) is 71.8 Å². The van der Waals surface area contributed by atoms with E-state index in [1.807, 2.05) is 24.3 Å². The van der Waals surface area contributed by atoms with Gasteiger partial charge in [0.05, 0.1) is 34.1 Å². The number of anilines is 1. The topological polar surface area (TPSA) is 75.3 Å². The zero-order chi connectivity index (χ0) is 22.2. The second-order valence-electron chi connectivity index (χ2n) is 6.51. The smallest absolute Gasteiger partial charge is 0.255 e. The van der Waals surface area contributed by atoms with Crippen molar-refractivity contribution in [2.75, 3.05) is 33.8 Å². The van der Waals surface area contributed by atoms with Crippen LogP contribution in [-0.4, -0.2) is 34.3 Å². The van der Waals surface area contributed by atoms with Crippen LogP contribution >= 0.6 is 0 Å². The van der Waals surface area contributed by atoms with Crippen molar-refractivity contribution in [1.82, 2.24) is 0 Å². The fourth-order valence-corrected chi connectivity index (χ4v) is 2.97. The van der Waals surface area contributed by atoms with Crippen LogP contribution in [0, 0.1) is 0 Å². The first-order valence-corrected chi connectivity index (χ1v) is 9.55. The van der Waals surface area contributed by atoms with Crippen LogP contribution in [0.25, 0.3) is 0 Å². The number of benzene rings is 3. The van der Waals surface area contributed by atoms with Crippen LogP contribution in [-0.2, 0) is 6.61 Å². The predicted molar refractivity (Wildman–Crippen MR) is 118 cm³/mol. The Kier molecular flexibility index (Phi) is 7.22. The van der Waals surface area contributed by atoms with Gasteiger partial charge in [-0.3, -0.25) is 4.79 Å². The first kappa shape index (κ1) is 21.8. The standard InChI is InChI=1S/C24H25NO6/c1-27-18-6-8-19(9-7-18)31-15-17-13-16(5-11-22(17)29-3)24(26)25-21-14-20(28-2)10-12-23(21)30-4/h5-14H,15H2,1-4H3,(H,25,26). The summed E-state index contributed by atoms with van der Waals surface area (Å²) < 4.78 is 27.0. The highest BCUT2D eigenvalue weighted by Crippen LogP contribution is 2.30. The molecule has 1 N–H and O–H groups in total. The Morgan fingerprint density at radius 3 is 1.97 bits per heavy atom. The number of ether oxygens (including phenoxy) is 5. The summed E-state index contributed by atoms with van der Waals surface area (Å²) >= 11 is 0. The van der Waals surface area contributed by atoms with E-state index >= 15 is 0 Å². The lowest BCUT2D eigenvalue weighted by Gasteiger charge is -2.14. The maximum atomic E-state index is 12.9. The van der Waals surface area contributed by atoms with Crippen molar-refractivity contribution in [3.8, 4) is 28.7 Å². The van der Waals surface area contributed by atoms with Crippen molar-refractivity contribution in [3.63, 3.8) is 0 Å². The van der Waals surface area contributed by atoms with Crippen molar-refractivity contribution in [2.24, 2.45) is 0 Å². The molecule has 0 aliphatic carbocycles. The molecule has 0 atom stereocenters. The number of carbonyl (C=O) groups excluding carboxylic acids is 1. The molecule has 0 radical (unpaired) electrons. The highest BCUT2D eigenvalue weighted by molar-refractivity contribution is 6.05. The van der Waals surface area contributed by atoms with Crippen LogP contribution in [0.4, 0.5) is 5.69 Å². The Morgan fingerprint density at radius 2 is 1.32 bits per heavy atom. The summed E-state index contributed by atoms with van der Waals surface area (Å²) in [6, 6.07) is 17.6. The molecule has 3 aromatic carbocycles. The molecule has 3 rings (SSSR count). The van der Waals surface area contributed by atoms with Gasteiger partial charge in [0.15, 0.2) is 0 Å². The summed E-state index contributed by atoms with van der Waals surface area (Å²) in [4.78, 5) is 12.9. The van der Waals surface area contributed by atoms with Gasteiger partial charge in [-0.15, -0.1) is 0 Å². The molecule has 0 aliphatic rings. The molecule has 0 saturated heterocycles. The first-order chi connectivity index (χ1) is 15.1. The molecular formula is C24H25NO6. The van der Waals surface area contributed by atoms with Gasteiger partial charge in [-0.2, -0.15) is 0 Å². The van der Waals surface area contributed by atoms with Crippen LogP contribution in [0.2, 0.25) is 0 Å². The maximum absolute atomic E-state index is 12.9. The van der Waals surface area contributed by atoms with Gasteiger partial charge < -0.3 is 29.0 Å². The molecule has 162 valence electrons. The number of amides is 1. The van der Waals surface area contributed by atoms with E-state index in [0.717, 1.165) is 11.3 Å². The monoisotopic (exact) mass is 423 g/mol. The number of carbonyl (C=O) groups is 1. The fraction of sp³-hybridized carbons (Fsp3) is 0.208. The van der Waals surface area contributed by atoms with E-state index in [2.05, 4.69) is 5.32 Å². The number of nitrogens with one attached hydrogen (secondary N) is 1. The van der Waals surface area contributed by atoms with Gasteiger partial charge in [0.1, 0.15) is 35.4 Å². The molecule has 0 aliphatic heterocycles. The molecule has 0 fully saturated rings. The van der Waals surface area contributed by atoms with E-state index < -0.39 is 0 Å². The van der Waals surface area contributed by atoms with Gasteiger partial charge in [-0.05, 0) is 54.6 Å². The third kappa shape index (κ3) is 5.39. The van der Waals surface area contributed by atoms with E-state index in [9.17, 15) is 4.79 Å². The summed E-state index contributed by atoms with van der Waals surface area (Å²) in [6.07, 6.45) is 0. The van der Waals surface area contributed by atoms with E-state index in [4.69, 9.17) is 23.7 Å². The molecule has 0 spiro atoms. The third-order valence-corrected chi connectivity index (χ3v) is 4.65. The number of hydrogen-bond donors (Lipinski definition) is 1. The number of hydrogen-bond acceptors (Lipinski definition) is 6. The summed E-state index contributed by atoms with van der Waals surface area (Å²) in [5.41, 5.74) is 1.71. The summed E-state index contributed by atoms with van der Waals surface area (Å²) in [6.45, 7) is 0.235. The number of methoxy groups -OCH3 is 4. The lowest BCUT2D eigenvalue weighted by atomic mass is 10.1. The van der Waals surface area contributed by atoms with Gasteiger partial charge in [0.25, 0.3) is 5.91 Å². The third-order valence-electron chi connectivity index (χ3n) is 4.65. The highest BCUT2D eigenvalue weighted by Gasteiger charge is 2.14. The van der Waals surface area contributed by atoms with Gasteiger partial charge in [-0.25, -0.2) is 0 Å². The van der Waals surface area contributed by atoms with Gasteiger partial charge in [0, 0.05) is 17.2 Å². The molecule has 0 saturated carbocycles. The highest BCUT2D eigenvalue weighted by atomic mass is 16.5. The minimum Gasteiger partial charge on any atom is -0.497 e. The van der Waals surface area contributed by atoms with Crippen LogP contribution in [0.3, 0.4) is 0 Å². The van der Waals surface area contributed by atoms with E-state index in [1.54, 1.807) is 64.8 Å². The second kappa shape index (κ2) is 10.2. The summed E-state index contributed by atoms with van der Waals surface area (Å²) in [5, 5.41) is 2.86. The van der Waals surface area contributed by atoms with Crippen LogP contribution in [0.1, 0.15) is 15.9 Å². The average Bonchev–Trinajstić information content (AvgIpc) is 2.82.